The highest BCUT2D eigenvalue weighted by molar-refractivity contribution is 5.82. The van der Waals surface area contributed by atoms with E-state index in [1.165, 1.54) is 19.1 Å². The summed E-state index contributed by atoms with van der Waals surface area (Å²) in [5, 5.41) is 0. The second-order valence-electron chi connectivity index (χ2n) is 4.17. The zero-order valence-corrected chi connectivity index (χ0v) is 8.02. The van der Waals surface area contributed by atoms with Crippen LogP contribution >= 0.6 is 0 Å². The standard InChI is InChI=1S/C10H16O2/c1-10(2)5-4-8(7-10)6-9(11)12-3/h6H,4-5,7H2,1-3H3/b8-6-. The fraction of sp³-hybridized carbons (Fsp3) is 0.700. The van der Waals surface area contributed by atoms with Crippen molar-refractivity contribution in [2.45, 2.75) is 33.1 Å². The predicted molar refractivity (Wildman–Crippen MR) is 47.7 cm³/mol. The lowest BCUT2D eigenvalue weighted by Crippen LogP contribution is -2.03. The Bertz CT molecular complexity index is 214. The van der Waals surface area contributed by atoms with E-state index in [9.17, 15) is 4.79 Å². The fourth-order valence-electron chi connectivity index (χ4n) is 1.64. The van der Waals surface area contributed by atoms with E-state index in [0.717, 1.165) is 12.8 Å². The van der Waals surface area contributed by atoms with Gasteiger partial charge in [0.25, 0.3) is 0 Å². The second-order valence-corrected chi connectivity index (χ2v) is 4.17. The van der Waals surface area contributed by atoms with E-state index in [4.69, 9.17) is 0 Å². The van der Waals surface area contributed by atoms with Crippen LogP contribution in [0, 0.1) is 5.41 Å². The number of carbonyl (C=O) groups excluding carboxylic acids is 1. The van der Waals surface area contributed by atoms with Gasteiger partial charge in [-0.05, 0) is 24.7 Å². The van der Waals surface area contributed by atoms with E-state index in [-0.39, 0.29) is 5.97 Å². The Balaban J connectivity index is 2.57. The molecule has 0 aromatic rings. The number of allylic oxidation sites excluding steroid dienone is 1. The highest BCUT2D eigenvalue weighted by Gasteiger charge is 2.26. The van der Waals surface area contributed by atoms with Gasteiger partial charge in [0.05, 0.1) is 7.11 Å². The van der Waals surface area contributed by atoms with Crippen molar-refractivity contribution >= 4 is 5.97 Å². The first-order chi connectivity index (χ1) is 5.53. The topological polar surface area (TPSA) is 26.3 Å². The molecule has 0 saturated heterocycles. The summed E-state index contributed by atoms with van der Waals surface area (Å²) in [5.74, 6) is -0.220. The first kappa shape index (κ1) is 9.30. The first-order valence-corrected chi connectivity index (χ1v) is 4.31. The molecule has 2 heteroatoms. The van der Waals surface area contributed by atoms with Gasteiger partial charge in [0.1, 0.15) is 0 Å². The lowest BCUT2D eigenvalue weighted by molar-refractivity contribution is -0.134. The molecule has 0 radical (unpaired) electrons. The SMILES string of the molecule is COC(=O)/C=C1/CCC(C)(C)C1. The molecule has 0 aliphatic heterocycles. The molecule has 0 aromatic heterocycles. The van der Waals surface area contributed by atoms with Crippen molar-refractivity contribution in [2.24, 2.45) is 5.41 Å². The Kier molecular flexibility index (Phi) is 2.55. The number of hydrogen-bond donors (Lipinski definition) is 0. The molecule has 0 N–H and O–H groups in total. The van der Waals surface area contributed by atoms with Crippen LogP contribution in [0.4, 0.5) is 0 Å². The van der Waals surface area contributed by atoms with Gasteiger partial charge in [0.2, 0.25) is 0 Å². The van der Waals surface area contributed by atoms with E-state index < -0.39 is 0 Å². The maximum atomic E-state index is 10.9. The minimum Gasteiger partial charge on any atom is -0.466 e. The largest absolute Gasteiger partial charge is 0.466 e. The van der Waals surface area contributed by atoms with Crippen LogP contribution in [0.3, 0.4) is 0 Å². The predicted octanol–water partition coefficient (Wildman–Crippen LogP) is 2.30. The van der Waals surface area contributed by atoms with Crippen molar-refractivity contribution in [3.8, 4) is 0 Å². The minimum atomic E-state index is -0.220. The van der Waals surface area contributed by atoms with E-state index in [1.807, 2.05) is 0 Å². The van der Waals surface area contributed by atoms with Crippen molar-refractivity contribution in [2.75, 3.05) is 7.11 Å². The lowest BCUT2D eigenvalue weighted by Gasteiger charge is -2.14. The minimum absolute atomic E-state index is 0.220. The second kappa shape index (κ2) is 3.30. The Labute approximate surface area is 73.6 Å². The maximum Gasteiger partial charge on any atom is 0.330 e. The van der Waals surface area contributed by atoms with Crippen LogP contribution < -0.4 is 0 Å². The molecular formula is C10H16O2. The van der Waals surface area contributed by atoms with Gasteiger partial charge in [0, 0.05) is 6.08 Å². The molecule has 0 unspecified atom stereocenters. The van der Waals surface area contributed by atoms with Crippen LogP contribution in [-0.2, 0) is 9.53 Å². The number of rotatable bonds is 1. The van der Waals surface area contributed by atoms with E-state index in [1.54, 1.807) is 6.08 Å². The average Bonchev–Trinajstić information content (AvgIpc) is 2.30. The van der Waals surface area contributed by atoms with Crippen LogP contribution in [-0.4, -0.2) is 13.1 Å². The molecule has 1 aliphatic carbocycles. The van der Waals surface area contributed by atoms with Gasteiger partial charge >= 0.3 is 5.97 Å². The Morgan fingerprint density at radius 1 is 1.58 bits per heavy atom. The molecule has 1 saturated carbocycles. The molecule has 2 nitrogen and oxygen atoms in total. The molecule has 0 spiro atoms. The Morgan fingerprint density at radius 2 is 2.25 bits per heavy atom. The molecule has 12 heavy (non-hydrogen) atoms. The van der Waals surface area contributed by atoms with Crippen LogP contribution in [0.25, 0.3) is 0 Å². The Hall–Kier alpha value is -0.790. The quantitative estimate of drug-likeness (QED) is 0.443. The summed E-state index contributed by atoms with van der Waals surface area (Å²) in [6.07, 6.45) is 4.88. The number of methoxy groups -OCH3 is 1. The lowest BCUT2D eigenvalue weighted by atomic mass is 9.92. The smallest absolute Gasteiger partial charge is 0.330 e. The zero-order valence-electron chi connectivity index (χ0n) is 8.02. The normalized spacial score (nSPS) is 24.4. The molecule has 1 fully saturated rings. The van der Waals surface area contributed by atoms with Crippen molar-refractivity contribution in [3.05, 3.63) is 11.6 Å². The molecule has 68 valence electrons. The summed E-state index contributed by atoms with van der Waals surface area (Å²) < 4.78 is 4.56. The number of esters is 1. The monoisotopic (exact) mass is 168 g/mol. The molecule has 0 amide bonds. The number of hydrogen-bond acceptors (Lipinski definition) is 2. The third-order valence-electron chi connectivity index (χ3n) is 2.35. The molecular weight excluding hydrogens is 152 g/mol. The molecule has 0 bridgehead atoms. The van der Waals surface area contributed by atoms with Crippen molar-refractivity contribution in [1.82, 2.24) is 0 Å². The van der Waals surface area contributed by atoms with Gasteiger partial charge in [0.15, 0.2) is 0 Å². The number of carbonyl (C=O) groups is 1. The average molecular weight is 168 g/mol. The van der Waals surface area contributed by atoms with Crippen LogP contribution in [0.1, 0.15) is 33.1 Å². The maximum absolute atomic E-state index is 10.9. The third-order valence-corrected chi connectivity index (χ3v) is 2.35. The Morgan fingerprint density at radius 3 is 2.67 bits per heavy atom. The van der Waals surface area contributed by atoms with E-state index in [2.05, 4.69) is 18.6 Å². The molecule has 0 heterocycles. The first-order valence-electron chi connectivity index (χ1n) is 4.31. The van der Waals surface area contributed by atoms with Crippen LogP contribution in [0.2, 0.25) is 0 Å². The van der Waals surface area contributed by atoms with Crippen molar-refractivity contribution < 1.29 is 9.53 Å². The van der Waals surface area contributed by atoms with Gasteiger partial charge in [-0.1, -0.05) is 19.4 Å². The van der Waals surface area contributed by atoms with Gasteiger partial charge in [-0.2, -0.15) is 0 Å². The highest BCUT2D eigenvalue weighted by atomic mass is 16.5. The fourth-order valence-corrected chi connectivity index (χ4v) is 1.64. The van der Waals surface area contributed by atoms with Gasteiger partial charge in [-0.15, -0.1) is 0 Å². The van der Waals surface area contributed by atoms with Crippen molar-refractivity contribution in [1.29, 1.82) is 0 Å². The molecule has 0 atom stereocenters. The van der Waals surface area contributed by atoms with Crippen molar-refractivity contribution in [3.63, 3.8) is 0 Å². The van der Waals surface area contributed by atoms with Gasteiger partial charge in [-0.3, -0.25) is 0 Å². The summed E-state index contributed by atoms with van der Waals surface area (Å²) in [4.78, 5) is 10.9. The summed E-state index contributed by atoms with van der Waals surface area (Å²) in [5.41, 5.74) is 1.60. The van der Waals surface area contributed by atoms with Crippen LogP contribution in [0.15, 0.2) is 11.6 Å². The van der Waals surface area contributed by atoms with E-state index in [0.29, 0.717) is 5.41 Å². The summed E-state index contributed by atoms with van der Waals surface area (Å²) in [7, 11) is 1.42. The third kappa shape index (κ3) is 2.36. The van der Waals surface area contributed by atoms with Gasteiger partial charge in [-0.25, -0.2) is 4.79 Å². The number of ether oxygens (including phenoxy) is 1. The van der Waals surface area contributed by atoms with Gasteiger partial charge < -0.3 is 4.74 Å². The molecule has 1 rings (SSSR count). The highest BCUT2D eigenvalue weighted by Crippen LogP contribution is 2.40. The molecule has 0 aromatic carbocycles. The zero-order chi connectivity index (χ0) is 9.19. The summed E-state index contributed by atoms with van der Waals surface area (Å²) >= 11 is 0. The summed E-state index contributed by atoms with van der Waals surface area (Å²) in [6.45, 7) is 4.45. The van der Waals surface area contributed by atoms with E-state index >= 15 is 0 Å². The van der Waals surface area contributed by atoms with Crippen LogP contribution in [0.5, 0.6) is 0 Å². The molecule has 1 aliphatic rings. The summed E-state index contributed by atoms with van der Waals surface area (Å²) in [6, 6.07) is 0.